The van der Waals surface area contributed by atoms with Gasteiger partial charge in [-0.05, 0) is 30.5 Å². The van der Waals surface area contributed by atoms with E-state index in [1.54, 1.807) is 17.0 Å². The number of nitrogens with one attached hydrogen (secondary N) is 1. The fourth-order valence-corrected chi connectivity index (χ4v) is 5.72. The maximum absolute atomic E-state index is 13.0. The number of rotatable bonds is 7. The van der Waals surface area contributed by atoms with Crippen LogP contribution in [0, 0.1) is 0 Å². The van der Waals surface area contributed by atoms with Crippen LogP contribution in [0.2, 0.25) is 0 Å². The van der Waals surface area contributed by atoms with Crippen molar-refractivity contribution in [3.05, 3.63) is 52.9 Å². The van der Waals surface area contributed by atoms with Crippen LogP contribution in [0.5, 0.6) is 0 Å². The molecule has 2 aromatic rings. The zero-order valence-corrected chi connectivity index (χ0v) is 18.1. The summed E-state index contributed by atoms with van der Waals surface area (Å²) in [6.45, 7) is 0.758. The highest BCUT2D eigenvalue weighted by Crippen LogP contribution is 2.27. The molecular formula is C20H25N3O4S2. The number of hydrogen-bond acceptors (Lipinski definition) is 5. The first-order valence-corrected chi connectivity index (χ1v) is 11.7. The Balaban J connectivity index is 1.76. The third-order valence-corrected chi connectivity index (χ3v) is 8.21. The summed E-state index contributed by atoms with van der Waals surface area (Å²) in [5.74, 6) is -0.285. The van der Waals surface area contributed by atoms with Crippen molar-refractivity contribution in [1.29, 1.82) is 0 Å². The molecule has 1 atom stereocenters. The quantitative estimate of drug-likeness (QED) is 0.723. The van der Waals surface area contributed by atoms with Gasteiger partial charge in [0, 0.05) is 31.9 Å². The number of amides is 2. The largest absolute Gasteiger partial charge is 0.349 e. The summed E-state index contributed by atoms with van der Waals surface area (Å²) in [6, 6.07) is 11.8. The molecule has 1 aliphatic heterocycles. The van der Waals surface area contributed by atoms with Crippen molar-refractivity contribution in [2.45, 2.75) is 36.1 Å². The van der Waals surface area contributed by atoms with Crippen LogP contribution in [-0.4, -0.2) is 50.1 Å². The molecule has 1 aromatic carbocycles. The predicted molar refractivity (Wildman–Crippen MR) is 112 cm³/mol. The van der Waals surface area contributed by atoms with Crippen LogP contribution < -0.4 is 5.32 Å². The Morgan fingerprint density at radius 2 is 1.90 bits per heavy atom. The summed E-state index contributed by atoms with van der Waals surface area (Å²) in [6.07, 6.45) is 2.17. The lowest BCUT2D eigenvalue weighted by Crippen LogP contribution is -2.45. The molecule has 1 fully saturated rings. The van der Waals surface area contributed by atoms with Crippen molar-refractivity contribution >= 4 is 33.2 Å². The van der Waals surface area contributed by atoms with Gasteiger partial charge < -0.3 is 10.2 Å². The molecule has 9 heteroatoms. The molecule has 1 unspecified atom stereocenters. The number of hydrogen-bond donors (Lipinski definition) is 1. The van der Waals surface area contributed by atoms with Gasteiger partial charge in [-0.3, -0.25) is 9.59 Å². The van der Waals surface area contributed by atoms with E-state index in [4.69, 9.17) is 0 Å². The van der Waals surface area contributed by atoms with E-state index < -0.39 is 16.1 Å². The van der Waals surface area contributed by atoms with E-state index in [0.717, 1.165) is 38.9 Å². The molecule has 1 aliphatic rings. The fourth-order valence-electron chi connectivity index (χ4n) is 3.25. The van der Waals surface area contributed by atoms with Gasteiger partial charge in [0.2, 0.25) is 11.8 Å². The number of piperidine rings is 1. The van der Waals surface area contributed by atoms with Crippen molar-refractivity contribution in [2.75, 3.05) is 20.6 Å². The Labute approximate surface area is 175 Å². The molecule has 0 spiro atoms. The third-order valence-electron chi connectivity index (χ3n) is 4.84. The predicted octanol–water partition coefficient (Wildman–Crippen LogP) is 2.37. The lowest BCUT2D eigenvalue weighted by Gasteiger charge is -2.34. The minimum atomic E-state index is -3.49. The van der Waals surface area contributed by atoms with Crippen molar-refractivity contribution in [2.24, 2.45) is 0 Å². The normalized spacial score (nSPS) is 16.1. The van der Waals surface area contributed by atoms with E-state index in [1.165, 1.54) is 14.1 Å². The van der Waals surface area contributed by atoms with Crippen molar-refractivity contribution in [3.63, 3.8) is 0 Å². The van der Waals surface area contributed by atoms with Gasteiger partial charge >= 0.3 is 0 Å². The first-order valence-electron chi connectivity index (χ1n) is 9.44. The number of benzene rings is 1. The second-order valence-corrected chi connectivity index (χ2v) is 10.6. The second-order valence-electron chi connectivity index (χ2n) is 7.08. The minimum Gasteiger partial charge on any atom is -0.349 e. The summed E-state index contributed by atoms with van der Waals surface area (Å²) in [7, 11) is -0.527. The number of sulfonamides is 1. The summed E-state index contributed by atoms with van der Waals surface area (Å²) in [5.41, 5.74) is 0.766. The zero-order chi connectivity index (χ0) is 21.0. The van der Waals surface area contributed by atoms with E-state index in [9.17, 15) is 18.0 Å². The Morgan fingerprint density at radius 1 is 1.17 bits per heavy atom. The first-order chi connectivity index (χ1) is 13.8. The van der Waals surface area contributed by atoms with Gasteiger partial charge in [0.05, 0.1) is 6.54 Å². The van der Waals surface area contributed by atoms with Gasteiger partial charge in [-0.1, -0.05) is 30.3 Å². The van der Waals surface area contributed by atoms with Gasteiger partial charge in [0.25, 0.3) is 10.0 Å². The molecule has 0 saturated carbocycles. The summed E-state index contributed by atoms with van der Waals surface area (Å²) in [5, 5.41) is 2.88. The van der Waals surface area contributed by atoms with Crippen LogP contribution in [0.1, 0.15) is 35.7 Å². The summed E-state index contributed by atoms with van der Waals surface area (Å²) >= 11 is 1.13. The molecule has 0 radical (unpaired) electrons. The highest BCUT2D eigenvalue weighted by atomic mass is 32.2. The van der Waals surface area contributed by atoms with E-state index in [0.29, 0.717) is 13.0 Å². The zero-order valence-electron chi connectivity index (χ0n) is 16.5. The van der Waals surface area contributed by atoms with E-state index in [1.807, 2.05) is 30.3 Å². The summed E-state index contributed by atoms with van der Waals surface area (Å²) in [4.78, 5) is 27.9. The average Bonchev–Trinajstić information content (AvgIpc) is 3.19. The molecule has 1 saturated heterocycles. The molecule has 7 nitrogen and oxygen atoms in total. The maximum Gasteiger partial charge on any atom is 0.252 e. The number of carbonyl (C=O) groups excluding carboxylic acids is 2. The van der Waals surface area contributed by atoms with Crippen LogP contribution in [0.25, 0.3) is 0 Å². The molecule has 1 N–H and O–H groups in total. The molecule has 3 rings (SSSR count). The highest BCUT2D eigenvalue weighted by molar-refractivity contribution is 7.91. The van der Waals surface area contributed by atoms with Crippen molar-refractivity contribution < 1.29 is 18.0 Å². The molecule has 156 valence electrons. The van der Waals surface area contributed by atoms with Gasteiger partial charge in [-0.25, -0.2) is 12.7 Å². The number of carbonyl (C=O) groups is 2. The molecule has 2 heterocycles. The van der Waals surface area contributed by atoms with Crippen LogP contribution in [0.15, 0.2) is 46.7 Å². The van der Waals surface area contributed by atoms with Crippen LogP contribution in [0.4, 0.5) is 0 Å². The number of nitrogens with zero attached hydrogens (tertiary/aromatic N) is 2. The van der Waals surface area contributed by atoms with E-state index in [2.05, 4.69) is 5.32 Å². The fraction of sp³-hybridized carbons (Fsp3) is 0.400. The van der Waals surface area contributed by atoms with Crippen LogP contribution in [0.3, 0.4) is 0 Å². The molecule has 2 amide bonds. The smallest absolute Gasteiger partial charge is 0.252 e. The Bertz CT molecular complexity index is 971. The molecule has 29 heavy (non-hydrogen) atoms. The minimum absolute atomic E-state index is 0.0178. The highest BCUT2D eigenvalue weighted by Gasteiger charge is 2.32. The maximum atomic E-state index is 13.0. The Hall–Kier alpha value is -2.23. The van der Waals surface area contributed by atoms with Gasteiger partial charge in [-0.2, -0.15) is 0 Å². The van der Waals surface area contributed by atoms with Crippen molar-refractivity contribution in [1.82, 2.24) is 14.5 Å². The monoisotopic (exact) mass is 435 g/mol. The van der Waals surface area contributed by atoms with Gasteiger partial charge in [-0.15, -0.1) is 11.3 Å². The molecule has 0 aliphatic carbocycles. The van der Waals surface area contributed by atoms with Gasteiger partial charge in [0.15, 0.2) is 0 Å². The first kappa shape index (κ1) is 21.5. The molecular weight excluding hydrogens is 410 g/mol. The van der Waals surface area contributed by atoms with E-state index >= 15 is 0 Å². The second kappa shape index (κ2) is 9.06. The SMILES string of the molecule is CN(C)S(=O)(=O)c1ccc(CNC(=O)C(c2ccccc2)N2CCCCC2=O)s1. The topological polar surface area (TPSA) is 86.8 Å². The third kappa shape index (κ3) is 4.85. The van der Waals surface area contributed by atoms with E-state index in [-0.39, 0.29) is 22.6 Å². The lowest BCUT2D eigenvalue weighted by molar-refractivity contribution is -0.142. The van der Waals surface area contributed by atoms with Crippen molar-refractivity contribution in [3.8, 4) is 0 Å². The standard InChI is InChI=1S/C20H25N3O4S2/c1-22(2)29(26,27)18-12-11-16(28-18)14-21-20(25)19(15-8-4-3-5-9-15)23-13-7-6-10-17(23)24/h3-5,8-9,11-12,19H,6-7,10,13-14H2,1-2H3,(H,21,25). The molecule has 1 aromatic heterocycles. The lowest BCUT2D eigenvalue weighted by atomic mass is 10.0. The molecule has 0 bridgehead atoms. The van der Waals surface area contributed by atoms with Crippen LogP contribution in [-0.2, 0) is 26.2 Å². The Morgan fingerprint density at radius 3 is 2.55 bits per heavy atom. The number of thiophene rings is 1. The summed E-state index contributed by atoms with van der Waals surface area (Å²) < 4.78 is 25.8. The van der Waals surface area contributed by atoms with Gasteiger partial charge in [0.1, 0.15) is 10.3 Å². The number of likely N-dealkylation sites (tertiary alicyclic amines) is 1. The van der Waals surface area contributed by atoms with Crippen LogP contribution >= 0.6 is 11.3 Å². The Kier molecular flexibility index (Phi) is 6.71. The average molecular weight is 436 g/mol.